The molecule has 0 aromatic rings. The van der Waals surface area contributed by atoms with Crippen LogP contribution in [0.5, 0.6) is 0 Å². The van der Waals surface area contributed by atoms with Crippen molar-refractivity contribution in [1.82, 2.24) is 0 Å². The quantitative estimate of drug-likeness (QED) is 0.548. The molecule has 0 aliphatic heterocycles. The molecule has 0 N–H and O–H groups in total. The molecule has 1 aliphatic carbocycles. The van der Waals surface area contributed by atoms with Crippen LogP contribution in [0.2, 0.25) is 0 Å². The Hall–Kier alpha value is -0.960. The lowest BCUT2D eigenvalue weighted by atomic mass is 9.72. The molecule has 0 unspecified atom stereocenters. The molecule has 0 saturated heterocycles. The van der Waals surface area contributed by atoms with Gasteiger partial charge < -0.3 is 0 Å². The summed E-state index contributed by atoms with van der Waals surface area (Å²) in [6.45, 7) is 13.4. The summed E-state index contributed by atoms with van der Waals surface area (Å²) in [6.07, 6.45) is 5.70. The molecule has 0 bridgehead atoms. The van der Waals surface area contributed by atoms with Gasteiger partial charge in [0.25, 0.3) is 0 Å². The van der Waals surface area contributed by atoms with Gasteiger partial charge in [-0.1, -0.05) is 40.5 Å². The number of hydrogen-bond acceptors (Lipinski definition) is 0. The van der Waals surface area contributed by atoms with Crippen molar-refractivity contribution in [2.24, 2.45) is 5.41 Å². The average Bonchev–Trinajstić information content (AvgIpc) is 2.67. The van der Waals surface area contributed by atoms with E-state index in [-0.39, 0.29) is 5.41 Å². The van der Waals surface area contributed by atoms with Crippen LogP contribution in [0.4, 0.5) is 0 Å². The Labute approximate surface area is 114 Å². The Kier molecular flexibility index (Phi) is 5.27. The van der Waals surface area contributed by atoms with Crippen molar-refractivity contribution in [2.45, 2.75) is 73.6 Å². The van der Waals surface area contributed by atoms with Gasteiger partial charge in [-0.25, -0.2) is 0 Å². The van der Waals surface area contributed by atoms with Gasteiger partial charge in [0.2, 0.25) is 0 Å². The lowest BCUT2D eigenvalue weighted by Gasteiger charge is -2.29. The van der Waals surface area contributed by atoms with E-state index in [2.05, 4.69) is 46.5 Å². The van der Waals surface area contributed by atoms with Gasteiger partial charge in [0, 0.05) is 0 Å². The van der Waals surface area contributed by atoms with Crippen molar-refractivity contribution < 1.29 is 0 Å². The molecule has 0 aromatic carbocycles. The van der Waals surface area contributed by atoms with Crippen molar-refractivity contribution in [3.8, 4) is 11.8 Å². The van der Waals surface area contributed by atoms with Crippen LogP contribution in [0.15, 0.2) is 22.3 Å². The molecular weight excluding hydrogens is 216 g/mol. The third kappa shape index (κ3) is 2.05. The molecule has 0 amide bonds. The van der Waals surface area contributed by atoms with E-state index in [1.165, 1.54) is 0 Å². The van der Waals surface area contributed by atoms with Crippen LogP contribution in [0.3, 0.4) is 0 Å². The zero-order chi connectivity index (χ0) is 13.8. The summed E-state index contributed by atoms with van der Waals surface area (Å²) < 4.78 is 0. The fraction of sp³-hybridized carbons (Fsp3) is 0.667. The molecule has 1 rings (SSSR count). The van der Waals surface area contributed by atoms with Crippen molar-refractivity contribution in [1.29, 1.82) is 0 Å². The Balaban J connectivity index is 3.58. The molecule has 0 radical (unpaired) electrons. The van der Waals surface area contributed by atoms with E-state index in [0.717, 1.165) is 32.1 Å². The maximum atomic E-state index is 3.57. The van der Waals surface area contributed by atoms with Gasteiger partial charge in [0.15, 0.2) is 0 Å². The topological polar surface area (TPSA) is 0 Å². The first-order valence-corrected chi connectivity index (χ1v) is 7.55. The first-order chi connectivity index (χ1) is 8.66. The smallest absolute Gasteiger partial charge is 0.0740 e. The molecule has 0 saturated carbocycles. The molecular formula is C18H28. The Morgan fingerprint density at radius 1 is 0.778 bits per heavy atom. The predicted molar refractivity (Wildman–Crippen MR) is 81.4 cm³/mol. The van der Waals surface area contributed by atoms with E-state index in [1.54, 1.807) is 22.3 Å². The third-order valence-corrected chi connectivity index (χ3v) is 4.41. The Morgan fingerprint density at radius 3 is 1.44 bits per heavy atom. The SMILES string of the molecule is CC#CC1(CC)C(CC)=C(CC)C(CC)=C1CC. The van der Waals surface area contributed by atoms with Crippen LogP contribution in [0.25, 0.3) is 0 Å². The highest BCUT2D eigenvalue weighted by molar-refractivity contribution is 5.58. The summed E-state index contributed by atoms with van der Waals surface area (Å²) in [5.41, 5.74) is 6.50. The van der Waals surface area contributed by atoms with Crippen LogP contribution in [0.1, 0.15) is 73.6 Å². The van der Waals surface area contributed by atoms with Crippen molar-refractivity contribution in [3.63, 3.8) is 0 Å². The van der Waals surface area contributed by atoms with Crippen molar-refractivity contribution >= 4 is 0 Å². The van der Waals surface area contributed by atoms with E-state index < -0.39 is 0 Å². The van der Waals surface area contributed by atoms with E-state index in [0.29, 0.717) is 0 Å². The van der Waals surface area contributed by atoms with Crippen LogP contribution in [-0.2, 0) is 0 Å². The van der Waals surface area contributed by atoms with Crippen LogP contribution in [-0.4, -0.2) is 0 Å². The van der Waals surface area contributed by atoms with Gasteiger partial charge in [0.05, 0.1) is 5.41 Å². The largest absolute Gasteiger partial charge is 0.105 e. The second-order valence-corrected chi connectivity index (χ2v) is 4.96. The maximum absolute atomic E-state index is 3.57. The molecule has 0 fully saturated rings. The zero-order valence-corrected chi connectivity index (χ0v) is 13.0. The summed E-state index contributed by atoms with van der Waals surface area (Å²) in [7, 11) is 0. The van der Waals surface area contributed by atoms with E-state index >= 15 is 0 Å². The fourth-order valence-electron chi connectivity index (χ4n) is 3.82. The fourth-order valence-corrected chi connectivity index (χ4v) is 3.82. The van der Waals surface area contributed by atoms with Gasteiger partial charge in [-0.3, -0.25) is 0 Å². The molecule has 100 valence electrons. The number of hydrogen-bond donors (Lipinski definition) is 0. The highest BCUT2D eigenvalue weighted by Crippen LogP contribution is 2.53. The van der Waals surface area contributed by atoms with Crippen LogP contribution < -0.4 is 0 Å². The second-order valence-electron chi connectivity index (χ2n) is 4.96. The average molecular weight is 244 g/mol. The zero-order valence-electron chi connectivity index (χ0n) is 13.0. The predicted octanol–water partition coefficient (Wildman–Crippen LogP) is 5.65. The summed E-state index contributed by atoms with van der Waals surface area (Å²) in [6, 6.07) is 0. The monoisotopic (exact) mass is 244 g/mol. The van der Waals surface area contributed by atoms with Gasteiger partial charge in [-0.05, 0) is 61.3 Å². The van der Waals surface area contributed by atoms with Crippen molar-refractivity contribution in [2.75, 3.05) is 0 Å². The Morgan fingerprint density at radius 2 is 1.22 bits per heavy atom. The molecule has 0 heterocycles. The van der Waals surface area contributed by atoms with E-state index in [9.17, 15) is 0 Å². The van der Waals surface area contributed by atoms with Gasteiger partial charge >= 0.3 is 0 Å². The van der Waals surface area contributed by atoms with Gasteiger partial charge in [-0.2, -0.15) is 0 Å². The maximum Gasteiger partial charge on any atom is 0.0740 e. The van der Waals surface area contributed by atoms with Crippen LogP contribution in [0, 0.1) is 17.3 Å². The summed E-state index contributed by atoms with van der Waals surface area (Å²) in [4.78, 5) is 0. The molecule has 0 nitrogen and oxygen atoms in total. The second kappa shape index (κ2) is 6.28. The Bertz CT molecular complexity index is 393. The van der Waals surface area contributed by atoms with Crippen LogP contribution >= 0.6 is 0 Å². The minimum absolute atomic E-state index is 0.0644. The minimum Gasteiger partial charge on any atom is -0.105 e. The summed E-state index contributed by atoms with van der Waals surface area (Å²) in [5.74, 6) is 6.77. The third-order valence-electron chi connectivity index (χ3n) is 4.41. The first kappa shape index (κ1) is 15.1. The van der Waals surface area contributed by atoms with E-state index in [4.69, 9.17) is 0 Å². The molecule has 0 atom stereocenters. The summed E-state index contributed by atoms with van der Waals surface area (Å²) in [5, 5.41) is 0. The standard InChI is InChI=1S/C18H28/c1-7-13-18(12-6)16(10-4)14(8-2)15(9-3)17(18)11-5/h8-12H2,1-6H3. The van der Waals surface area contributed by atoms with E-state index in [1.807, 2.05) is 6.92 Å². The minimum atomic E-state index is 0.0644. The van der Waals surface area contributed by atoms with Gasteiger partial charge in [0.1, 0.15) is 0 Å². The highest BCUT2D eigenvalue weighted by atomic mass is 14.4. The number of rotatable bonds is 5. The van der Waals surface area contributed by atoms with Gasteiger partial charge in [-0.15, -0.1) is 5.92 Å². The lowest BCUT2D eigenvalue weighted by Crippen LogP contribution is -2.21. The molecule has 18 heavy (non-hydrogen) atoms. The van der Waals surface area contributed by atoms with Crippen molar-refractivity contribution in [3.05, 3.63) is 22.3 Å². The lowest BCUT2D eigenvalue weighted by molar-refractivity contribution is 0.524. The molecule has 0 heteroatoms. The molecule has 0 spiro atoms. The summed E-state index contributed by atoms with van der Waals surface area (Å²) >= 11 is 0. The highest BCUT2D eigenvalue weighted by Gasteiger charge is 2.41. The first-order valence-electron chi connectivity index (χ1n) is 7.55. The molecule has 1 aliphatic rings. The molecule has 0 aromatic heterocycles. The normalized spacial score (nSPS) is 18.1. The number of allylic oxidation sites excluding steroid dienone is 4.